The number of fused-ring (bicyclic) bond motifs is 1. The highest BCUT2D eigenvalue weighted by Crippen LogP contribution is 2.36. The third-order valence-electron chi connectivity index (χ3n) is 7.10. The number of carboxylic acids is 1. The Bertz CT molecular complexity index is 2090. The number of esters is 1. The molecule has 6 rings (SSSR count). The van der Waals surface area contributed by atoms with E-state index in [9.17, 15) is 19.5 Å². The molecule has 220 valence electrons. The maximum Gasteiger partial charge on any atom is 0.338 e. The second kappa shape index (κ2) is 12.0. The van der Waals surface area contributed by atoms with E-state index < -0.39 is 18.0 Å². The van der Waals surface area contributed by atoms with Gasteiger partial charge in [0.25, 0.3) is 5.56 Å². The Balaban J connectivity index is 1.53. The first-order valence-electron chi connectivity index (χ1n) is 13.7. The number of carbonyl (C=O) groups is 2. The number of thiazole rings is 1. The zero-order valence-electron chi connectivity index (χ0n) is 23.7. The summed E-state index contributed by atoms with van der Waals surface area (Å²) in [5, 5.41) is 9.18. The molecule has 1 aliphatic heterocycles. The van der Waals surface area contributed by atoms with Crippen LogP contribution in [0.15, 0.2) is 111 Å². The maximum atomic E-state index is 14.1. The van der Waals surface area contributed by atoms with E-state index in [0.717, 1.165) is 0 Å². The van der Waals surface area contributed by atoms with Crippen LogP contribution in [-0.4, -0.2) is 35.3 Å². The molecule has 0 fully saturated rings. The summed E-state index contributed by atoms with van der Waals surface area (Å²) in [6, 6.07) is 25.5. The van der Waals surface area contributed by atoms with Crippen molar-refractivity contribution in [1.29, 1.82) is 0 Å². The average Bonchev–Trinajstić information content (AvgIpc) is 3.64. The van der Waals surface area contributed by atoms with Gasteiger partial charge >= 0.3 is 11.9 Å². The largest absolute Gasteiger partial charge is 0.497 e. The number of rotatable bonds is 8. The average molecular weight is 607 g/mol. The van der Waals surface area contributed by atoms with Gasteiger partial charge in [0.2, 0.25) is 0 Å². The van der Waals surface area contributed by atoms with Gasteiger partial charge in [-0.1, -0.05) is 65.9 Å². The SMILES string of the molecule is CCOC(=O)C1=C(c2ccccc2)N=c2s/c(=C\c3ccc(-c4ccc(C(=O)O)cc4)o3)c(=O)n2[C@H]1c1cccc(OC)c1. The molecule has 9 nitrogen and oxygen atoms in total. The van der Waals surface area contributed by atoms with Crippen LogP contribution in [0.2, 0.25) is 0 Å². The van der Waals surface area contributed by atoms with Crippen molar-refractivity contribution in [3.8, 4) is 17.1 Å². The monoisotopic (exact) mass is 606 g/mol. The normalized spacial score (nSPS) is 14.6. The molecule has 0 spiro atoms. The minimum absolute atomic E-state index is 0.152. The van der Waals surface area contributed by atoms with E-state index in [0.29, 0.717) is 49.0 Å². The van der Waals surface area contributed by atoms with E-state index in [1.165, 1.54) is 28.0 Å². The van der Waals surface area contributed by atoms with Gasteiger partial charge < -0.3 is 19.0 Å². The topological polar surface area (TPSA) is 120 Å². The smallest absolute Gasteiger partial charge is 0.338 e. The van der Waals surface area contributed by atoms with E-state index in [-0.39, 0.29) is 23.3 Å². The van der Waals surface area contributed by atoms with Gasteiger partial charge in [-0.15, -0.1) is 0 Å². The Kier molecular flexibility index (Phi) is 7.82. The van der Waals surface area contributed by atoms with Crippen LogP contribution in [0, 0.1) is 0 Å². The second-order valence-electron chi connectivity index (χ2n) is 9.79. The van der Waals surface area contributed by atoms with Gasteiger partial charge in [-0.05, 0) is 48.9 Å². The number of carboxylic acid groups (broad SMARTS) is 1. The number of aromatic carboxylic acids is 1. The van der Waals surface area contributed by atoms with Crippen LogP contribution in [0.25, 0.3) is 23.1 Å². The molecule has 1 atom stereocenters. The Morgan fingerprint density at radius 2 is 1.77 bits per heavy atom. The molecule has 10 heteroatoms. The van der Waals surface area contributed by atoms with Crippen LogP contribution in [0.4, 0.5) is 0 Å². The van der Waals surface area contributed by atoms with Crippen molar-refractivity contribution in [2.75, 3.05) is 13.7 Å². The number of aromatic nitrogens is 1. The number of carbonyl (C=O) groups excluding carboxylic acids is 1. The molecule has 5 aromatic rings. The minimum Gasteiger partial charge on any atom is -0.497 e. The predicted octanol–water partition coefficient (Wildman–Crippen LogP) is 4.90. The third kappa shape index (κ3) is 5.38. The molecule has 3 aromatic carbocycles. The van der Waals surface area contributed by atoms with Gasteiger partial charge in [0.1, 0.15) is 17.3 Å². The van der Waals surface area contributed by atoms with Gasteiger partial charge in [0.05, 0.1) is 41.1 Å². The number of benzene rings is 3. The number of hydrogen-bond acceptors (Lipinski definition) is 8. The predicted molar refractivity (Wildman–Crippen MR) is 165 cm³/mol. The lowest BCUT2D eigenvalue weighted by molar-refractivity contribution is -0.138. The fourth-order valence-electron chi connectivity index (χ4n) is 5.06. The molecule has 0 bridgehead atoms. The summed E-state index contributed by atoms with van der Waals surface area (Å²) >= 11 is 1.19. The minimum atomic E-state index is -1.01. The Morgan fingerprint density at radius 1 is 1.00 bits per heavy atom. The van der Waals surface area contributed by atoms with E-state index in [1.807, 2.05) is 42.5 Å². The van der Waals surface area contributed by atoms with E-state index in [1.54, 1.807) is 56.5 Å². The quantitative estimate of drug-likeness (QED) is 0.250. The van der Waals surface area contributed by atoms with Crippen molar-refractivity contribution in [2.45, 2.75) is 13.0 Å². The number of hydrogen-bond donors (Lipinski definition) is 1. The molecule has 44 heavy (non-hydrogen) atoms. The Hall–Kier alpha value is -5.48. The lowest BCUT2D eigenvalue weighted by atomic mass is 9.93. The first kappa shape index (κ1) is 28.6. The maximum absolute atomic E-state index is 14.1. The van der Waals surface area contributed by atoms with Crippen molar-refractivity contribution in [3.63, 3.8) is 0 Å². The fourth-order valence-corrected chi connectivity index (χ4v) is 6.04. The highest BCUT2D eigenvalue weighted by Gasteiger charge is 2.35. The van der Waals surface area contributed by atoms with Crippen molar-refractivity contribution in [2.24, 2.45) is 4.99 Å². The van der Waals surface area contributed by atoms with Gasteiger partial charge in [-0.3, -0.25) is 9.36 Å². The highest BCUT2D eigenvalue weighted by molar-refractivity contribution is 7.07. The first-order valence-corrected chi connectivity index (χ1v) is 14.6. The molecular weight excluding hydrogens is 580 g/mol. The van der Waals surface area contributed by atoms with Crippen LogP contribution in [0.1, 0.15) is 40.2 Å². The summed E-state index contributed by atoms with van der Waals surface area (Å²) in [6.07, 6.45) is 1.64. The summed E-state index contributed by atoms with van der Waals surface area (Å²) in [5.41, 5.74) is 2.56. The Morgan fingerprint density at radius 3 is 2.48 bits per heavy atom. The molecule has 2 aromatic heterocycles. The summed E-state index contributed by atoms with van der Waals surface area (Å²) in [5.74, 6) is -0.0576. The van der Waals surface area contributed by atoms with E-state index >= 15 is 0 Å². The molecule has 0 amide bonds. The van der Waals surface area contributed by atoms with Crippen LogP contribution in [0.3, 0.4) is 0 Å². The Labute approximate surface area is 255 Å². The summed E-state index contributed by atoms with van der Waals surface area (Å²) in [7, 11) is 1.56. The molecule has 0 aliphatic carbocycles. The van der Waals surface area contributed by atoms with Crippen LogP contribution >= 0.6 is 11.3 Å². The van der Waals surface area contributed by atoms with Gasteiger partial charge in [0, 0.05) is 17.2 Å². The molecule has 0 saturated carbocycles. The first-order chi connectivity index (χ1) is 21.4. The zero-order valence-corrected chi connectivity index (χ0v) is 24.5. The lowest BCUT2D eigenvalue weighted by Gasteiger charge is -2.26. The molecule has 1 aliphatic rings. The molecule has 0 radical (unpaired) electrons. The summed E-state index contributed by atoms with van der Waals surface area (Å²) in [4.78, 5) is 44.1. The highest BCUT2D eigenvalue weighted by atomic mass is 32.1. The lowest BCUT2D eigenvalue weighted by Crippen LogP contribution is -2.40. The fraction of sp³-hybridized carbons (Fsp3) is 0.118. The zero-order chi connectivity index (χ0) is 30.8. The van der Waals surface area contributed by atoms with Gasteiger partial charge in [-0.25, -0.2) is 14.6 Å². The van der Waals surface area contributed by atoms with E-state index in [2.05, 4.69) is 0 Å². The standard InChI is InChI=1S/C34H26N2O7S/c1-3-42-33(40)28-29(21-8-5-4-6-9-21)35-34-36(30(28)23-10-7-11-24(18-23)41-2)31(37)27(44-34)19-25-16-17-26(43-25)20-12-14-22(15-13-20)32(38)39/h4-19,30H,3H2,1-2H3,(H,38,39)/b27-19-/t30-/m0/s1. The molecule has 3 heterocycles. The van der Waals surface area contributed by atoms with Crippen molar-refractivity contribution in [1.82, 2.24) is 4.57 Å². The van der Waals surface area contributed by atoms with Gasteiger partial charge in [-0.2, -0.15) is 0 Å². The second-order valence-corrected chi connectivity index (χ2v) is 10.8. The number of methoxy groups -OCH3 is 1. The molecule has 1 N–H and O–H groups in total. The van der Waals surface area contributed by atoms with Crippen molar-refractivity contribution < 1.29 is 28.6 Å². The third-order valence-corrected chi connectivity index (χ3v) is 8.08. The molecule has 0 saturated heterocycles. The molecular formula is C34H26N2O7S. The number of nitrogens with zero attached hydrogens (tertiary/aromatic N) is 2. The van der Waals surface area contributed by atoms with Crippen LogP contribution < -0.4 is 19.6 Å². The van der Waals surface area contributed by atoms with Gasteiger partial charge in [0.15, 0.2) is 4.80 Å². The van der Waals surface area contributed by atoms with Crippen molar-refractivity contribution in [3.05, 3.63) is 139 Å². The van der Waals surface area contributed by atoms with Crippen molar-refractivity contribution >= 4 is 35.0 Å². The molecule has 0 unspecified atom stereocenters. The number of ether oxygens (including phenoxy) is 2. The van der Waals surface area contributed by atoms with Crippen LogP contribution in [0.5, 0.6) is 5.75 Å². The summed E-state index contributed by atoms with van der Waals surface area (Å²) in [6.45, 7) is 1.88. The van der Waals surface area contributed by atoms with Crippen LogP contribution in [-0.2, 0) is 9.53 Å². The van der Waals surface area contributed by atoms with E-state index in [4.69, 9.17) is 18.9 Å². The summed E-state index contributed by atoms with van der Waals surface area (Å²) < 4.78 is 18.9. The number of furan rings is 1.